The molecule has 2 nitrogen and oxygen atoms in total. The van der Waals surface area contributed by atoms with Crippen molar-refractivity contribution in [2.24, 2.45) is 5.73 Å². The van der Waals surface area contributed by atoms with Gasteiger partial charge in [0.1, 0.15) is 5.75 Å². The fourth-order valence-corrected chi connectivity index (χ4v) is 1.65. The van der Waals surface area contributed by atoms with E-state index in [1.165, 1.54) is 0 Å². The number of nitrogens with two attached hydrogens (primary N) is 1. The third kappa shape index (κ3) is 4.37. The van der Waals surface area contributed by atoms with Crippen molar-refractivity contribution in [2.75, 3.05) is 13.3 Å². The standard InChI is InChI=1S/C12H17ClFNO/c1-9(15)7-10-3-4-12(11(13)8-10)16-6-2-5-14/h3-4,8-9H,2,5-7,15H2,1H3. The number of alkyl halides is 1. The highest BCUT2D eigenvalue weighted by Gasteiger charge is 2.04. The first-order valence-electron chi connectivity index (χ1n) is 5.36. The summed E-state index contributed by atoms with van der Waals surface area (Å²) in [7, 11) is 0. The molecule has 1 unspecified atom stereocenters. The van der Waals surface area contributed by atoms with Gasteiger partial charge in [0.25, 0.3) is 0 Å². The molecule has 0 heterocycles. The molecule has 0 aliphatic rings. The van der Waals surface area contributed by atoms with E-state index in [2.05, 4.69) is 0 Å². The van der Waals surface area contributed by atoms with Gasteiger partial charge in [-0.05, 0) is 31.0 Å². The molecule has 0 aliphatic carbocycles. The summed E-state index contributed by atoms with van der Waals surface area (Å²) in [5.41, 5.74) is 6.78. The number of benzene rings is 1. The van der Waals surface area contributed by atoms with Crippen LogP contribution in [0.3, 0.4) is 0 Å². The molecule has 0 spiro atoms. The predicted octanol–water partition coefficient (Wildman–Crippen LogP) is 2.97. The maximum Gasteiger partial charge on any atom is 0.137 e. The second-order valence-corrected chi connectivity index (χ2v) is 4.24. The highest BCUT2D eigenvalue weighted by atomic mass is 35.5. The smallest absolute Gasteiger partial charge is 0.137 e. The van der Waals surface area contributed by atoms with Crippen molar-refractivity contribution in [1.29, 1.82) is 0 Å². The van der Waals surface area contributed by atoms with Gasteiger partial charge in [-0.2, -0.15) is 0 Å². The van der Waals surface area contributed by atoms with Crippen LogP contribution in [0.4, 0.5) is 4.39 Å². The van der Waals surface area contributed by atoms with E-state index in [0.29, 0.717) is 23.8 Å². The van der Waals surface area contributed by atoms with Crippen LogP contribution in [0.25, 0.3) is 0 Å². The Kier molecular flexibility index (Phi) is 5.56. The van der Waals surface area contributed by atoms with Crippen molar-refractivity contribution in [3.63, 3.8) is 0 Å². The van der Waals surface area contributed by atoms with E-state index in [-0.39, 0.29) is 12.7 Å². The summed E-state index contributed by atoms with van der Waals surface area (Å²) in [6, 6.07) is 5.68. The summed E-state index contributed by atoms with van der Waals surface area (Å²) in [6.45, 7) is 1.92. The molecule has 90 valence electrons. The Hall–Kier alpha value is -0.800. The largest absolute Gasteiger partial charge is 0.492 e. The molecule has 0 radical (unpaired) electrons. The summed E-state index contributed by atoms with van der Waals surface area (Å²) in [4.78, 5) is 0. The van der Waals surface area contributed by atoms with E-state index in [1.807, 2.05) is 19.1 Å². The predicted molar refractivity (Wildman–Crippen MR) is 64.9 cm³/mol. The first-order chi connectivity index (χ1) is 7.63. The molecule has 0 aromatic heterocycles. The monoisotopic (exact) mass is 245 g/mol. The molecule has 1 rings (SSSR count). The minimum absolute atomic E-state index is 0.106. The Balaban J connectivity index is 2.60. The molecule has 0 aliphatic heterocycles. The van der Waals surface area contributed by atoms with Crippen LogP contribution in [0.5, 0.6) is 5.75 Å². The summed E-state index contributed by atoms with van der Waals surface area (Å²) >= 11 is 6.03. The van der Waals surface area contributed by atoms with Crippen LogP contribution in [0.1, 0.15) is 18.9 Å². The molecular weight excluding hydrogens is 229 g/mol. The topological polar surface area (TPSA) is 35.2 Å². The van der Waals surface area contributed by atoms with Gasteiger partial charge in [-0.1, -0.05) is 17.7 Å². The second kappa shape index (κ2) is 6.71. The van der Waals surface area contributed by atoms with Crippen LogP contribution in [0, 0.1) is 0 Å². The lowest BCUT2D eigenvalue weighted by atomic mass is 10.1. The molecule has 1 aromatic carbocycles. The lowest BCUT2D eigenvalue weighted by Crippen LogP contribution is -2.17. The van der Waals surface area contributed by atoms with Crippen molar-refractivity contribution < 1.29 is 9.13 Å². The van der Waals surface area contributed by atoms with E-state index in [0.717, 1.165) is 12.0 Å². The number of ether oxygens (including phenoxy) is 1. The second-order valence-electron chi connectivity index (χ2n) is 3.84. The van der Waals surface area contributed by atoms with Gasteiger partial charge in [0.15, 0.2) is 0 Å². The minimum Gasteiger partial charge on any atom is -0.492 e. The van der Waals surface area contributed by atoms with Crippen molar-refractivity contribution in [2.45, 2.75) is 25.8 Å². The molecule has 0 saturated carbocycles. The maximum atomic E-state index is 11.9. The molecule has 1 atom stereocenters. The van der Waals surface area contributed by atoms with Crippen LogP contribution < -0.4 is 10.5 Å². The molecular formula is C12H17ClFNO. The fourth-order valence-electron chi connectivity index (χ4n) is 1.40. The number of hydrogen-bond donors (Lipinski definition) is 1. The van der Waals surface area contributed by atoms with Crippen LogP contribution in [-0.4, -0.2) is 19.3 Å². The van der Waals surface area contributed by atoms with Gasteiger partial charge in [0.2, 0.25) is 0 Å². The SMILES string of the molecule is CC(N)Cc1ccc(OCCCF)c(Cl)c1. The third-order valence-electron chi connectivity index (χ3n) is 2.09. The van der Waals surface area contributed by atoms with E-state index < -0.39 is 0 Å². The van der Waals surface area contributed by atoms with Gasteiger partial charge in [0, 0.05) is 12.5 Å². The average Bonchev–Trinajstić information content (AvgIpc) is 2.20. The molecule has 0 amide bonds. The van der Waals surface area contributed by atoms with Crippen LogP contribution in [0.15, 0.2) is 18.2 Å². The van der Waals surface area contributed by atoms with Crippen LogP contribution in [0.2, 0.25) is 5.02 Å². The molecule has 0 fully saturated rings. The summed E-state index contributed by atoms with van der Waals surface area (Å²) in [5, 5.41) is 0.553. The van der Waals surface area contributed by atoms with Gasteiger partial charge in [-0.25, -0.2) is 0 Å². The third-order valence-corrected chi connectivity index (χ3v) is 2.38. The first kappa shape index (κ1) is 13.3. The summed E-state index contributed by atoms with van der Waals surface area (Å²) < 4.78 is 17.2. The van der Waals surface area contributed by atoms with Crippen molar-refractivity contribution in [1.82, 2.24) is 0 Å². The molecule has 0 saturated heterocycles. The quantitative estimate of drug-likeness (QED) is 0.782. The minimum atomic E-state index is -0.375. The number of rotatable bonds is 6. The van der Waals surface area contributed by atoms with E-state index in [4.69, 9.17) is 22.1 Å². The molecule has 1 aromatic rings. The van der Waals surface area contributed by atoms with E-state index in [1.54, 1.807) is 6.07 Å². The summed E-state index contributed by atoms with van der Waals surface area (Å²) in [5.74, 6) is 0.601. The first-order valence-corrected chi connectivity index (χ1v) is 5.74. The fraction of sp³-hybridized carbons (Fsp3) is 0.500. The van der Waals surface area contributed by atoms with Crippen molar-refractivity contribution in [3.05, 3.63) is 28.8 Å². The number of halogens is 2. The van der Waals surface area contributed by atoms with E-state index in [9.17, 15) is 4.39 Å². The van der Waals surface area contributed by atoms with Gasteiger partial charge in [-0.3, -0.25) is 4.39 Å². The zero-order valence-corrected chi connectivity index (χ0v) is 10.1. The highest BCUT2D eigenvalue weighted by Crippen LogP contribution is 2.26. The highest BCUT2D eigenvalue weighted by molar-refractivity contribution is 6.32. The normalized spacial score (nSPS) is 12.5. The maximum absolute atomic E-state index is 11.9. The Morgan fingerprint density at radius 1 is 1.50 bits per heavy atom. The zero-order valence-electron chi connectivity index (χ0n) is 9.38. The van der Waals surface area contributed by atoms with Crippen LogP contribution in [-0.2, 0) is 6.42 Å². The number of hydrogen-bond acceptors (Lipinski definition) is 2. The van der Waals surface area contributed by atoms with E-state index >= 15 is 0 Å². The van der Waals surface area contributed by atoms with Crippen molar-refractivity contribution in [3.8, 4) is 5.75 Å². The van der Waals surface area contributed by atoms with Gasteiger partial charge in [-0.15, -0.1) is 0 Å². The van der Waals surface area contributed by atoms with Crippen LogP contribution >= 0.6 is 11.6 Å². The van der Waals surface area contributed by atoms with Gasteiger partial charge < -0.3 is 10.5 Å². The van der Waals surface area contributed by atoms with Gasteiger partial charge in [0.05, 0.1) is 18.3 Å². The van der Waals surface area contributed by atoms with Gasteiger partial charge >= 0.3 is 0 Å². The Morgan fingerprint density at radius 3 is 2.81 bits per heavy atom. The molecule has 2 N–H and O–H groups in total. The average molecular weight is 246 g/mol. The van der Waals surface area contributed by atoms with Crippen molar-refractivity contribution >= 4 is 11.6 Å². The lowest BCUT2D eigenvalue weighted by Gasteiger charge is -2.10. The Bertz CT molecular complexity index is 331. The lowest BCUT2D eigenvalue weighted by molar-refractivity contribution is 0.290. The molecule has 4 heteroatoms. The Morgan fingerprint density at radius 2 is 2.25 bits per heavy atom. The summed E-state index contributed by atoms with van der Waals surface area (Å²) in [6.07, 6.45) is 1.17. The molecule has 0 bridgehead atoms. The molecule has 16 heavy (non-hydrogen) atoms. The Labute approximate surface area is 101 Å². The zero-order chi connectivity index (χ0) is 12.0.